The number of amides is 1. The molecule has 0 N–H and O–H groups in total. The van der Waals surface area contributed by atoms with Crippen LogP contribution in [0.2, 0.25) is 0 Å². The Kier molecular flexibility index (Phi) is 3.74. The Morgan fingerprint density at radius 3 is 2.42 bits per heavy atom. The first-order valence-electron chi connectivity index (χ1n) is 7.02. The van der Waals surface area contributed by atoms with Crippen LogP contribution >= 0.6 is 0 Å². The van der Waals surface area contributed by atoms with E-state index in [4.69, 9.17) is 4.74 Å². The third kappa shape index (κ3) is 3.01. The van der Waals surface area contributed by atoms with E-state index in [0.717, 1.165) is 25.7 Å². The van der Waals surface area contributed by atoms with Crippen LogP contribution in [0.15, 0.2) is 0 Å². The van der Waals surface area contributed by atoms with Crippen LogP contribution in [0.3, 0.4) is 0 Å². The first-order chi connectivity index (χ1) is 8.79. The van der Waals surface area contributed by atoms with Crippen molar-refractivity contribution in [2.75, 3.05) is 0 Å². The van der Waals surface area contributed by atoms with Crippen LogP contribution < -0.4 is 5.11 Å². The number of carbonyl (C=O) groups excluding carboxylic acids is 2. The zero-order valence-corrected chi connectivity index (χ0v) is 11.8. The summed E-state index contributed by atoms with van der Waals surface area (Å²) in [7, 11) is 0. The van der Waals surface area contributed by atoms with Gasteiger partial charge < -0.3 is 14.6 Å². The van der Waals surface area contributed by atoms with Gasteiger partial charge in [0.25, 0.3) is 0 Å². The van der Waals surface area contributed by atoms with E-state index >= 15 is 0 Å². The van der Waals surface area contributed by atoms with Gasteiger partial charge in [0.15, 0.2) is 0 Å². The van der Waals surface area contributed by atoms with E-state index in [1.54, 1.807) is 20.8 Å². The van der Waals surface area contributed by atoms with Crippen molar-refractivity contribution in [1.29, 1.82) is 0 Å². The number of ether oxygens (including phenoxy) is 1. The summed E-state index contributed by atoms with van der Waals surface area (Å²) in [5.41, 5.74) is -0.611. The molecule has 1 saturated carbocycles. The fraction of sp³-hybridized carbons (Fsp3) is 0.857. The molecule has 0 bridgehead atoms. The van der Waals surface area contributed by atoms with Gasteiger partial charge in [-0.15, -0.1) is 0 Å². The van der Waals surface area contributed by atoms with Crippen molar-refractivity contribution in [3.8, 4) is 0 Å². The van der Waals surface area contributed by atoms with Gasteiger partial charge in [0.05, 0.1) is 12.0 Å². The number of aliphatic carboxylic acids is 1. The molecule has 1 heterocycles. The molecular weight excluding hydrogens is 246 g/mol. The molecule has 1 amide bonds. The first kappa shape index (κ1) is 14.2. The van der Waals surface area contributed by atoms with E-state index in [2.05, 4.69) is 0 Å². The van der Waals surface area contributed by atoms with E-state index in [0.29, 0.717) is 6.42 Å². The van der Waals surface area contributed by atoms with Gasteiger partial charge in [0, 0.05) is 6.04 Å². The summed E-state index contributed by atoms with van der Waals surface area (Å²) in [6.45, 7) is 5.36. The third-order valence-corrected chi connectivity index (χ3v) is 3.96. The van der Waals surface area contributed by atoms with E-state index in [-0.39, 0.29) is 12.0 Å². The second kappa shape index (κ2) is 5.02. The fourth-order valence-electron chi connectivity index (χ4n) is 3.25. The van der Waals surface area contributed by atoms with Crippen molar-refractivity contribution in [2.45, 2.75) is 70.6 Å². The number of nitrogens with zero attached hydrogens (tertiary/aromatic N) is 1. The Morgan fingerprint density at radius 2 is 1.84 bits per heavy atom. The summed E-state index contributed by atoms with van der Waals surface area (Å²) in [6.07, 6.45) is 4.01. The summed E-state index contributed by atoms with van der Waals surface area (Å²) < 4.78 is 5.35. The molecule has 1 aliphatic carbocycles. The number of carboxylic acids is 1. The molecule has 0 aromatic rings. The summed E-state index contributed by atoms with van der Waals surface area (Å²) in [5.74, 6) is -0.885. The monoisotopic (exact) mass is 268 g/mol. The van der Waals surface area contributed by atoms with Gasteiger partial charge in [-0.2, -0.15) is 0 Å². The second-order valence-electron chi connectivity index (χ2n) is 6.57. The van der Waals surface area contributed by atoms with E-state index in [1.165, 1.54) is 4.90 Å². The minimum atomic E-state index is -1.17. The Bertz CT molecular complexity index is 374. The molecular formula is C14H22NO4-. The predicted molar refractivity (Wildman–Crippen MR) is 67.2 cm³/mol. The minimum Gasteiger partial charge on any atom is -0.548 e. The van der Waals surface area contributed by atoms with Gasteiger partial charge in [-0.25, -0.2) is 4.79 Å². The first-order valence-corrected chi connectivity index (χ1v) is 7.02. The number of likely N-dealkylation sites (tertiary alicyclic amines) is 1. The standard InChI is InChI=1S/C14H23NO4/c1-14(2,3)19-13(18)15-10-7-5-4-6-9(10)8-11(15)12(16)17/h9-11H,4-8H2,1-3H3,(H,16,17)/p-1/t9-,10+,11-/m0/s1. The Labute approximate surface area is 113 Å². The lowest BCUT2D eigenvalue weighted by Crippen LogP contribution is -2.51. The van der Waals surface area contributed by atoms with Crippen molar-refractivity contribution >= 4 is 12.1 Å². The van der Waals surface area contributed by atoms with Crippen molar-refractivity contribution in [3.63, 3.8) is 0 Å². The molecule has 2 fully saturated rings. The van der Waals surface area contributed by atoms with E-state index in [1.807, 2.05) is 0 Å². The topological polar surface area (TPSA) is 69.7 Å². The number of hydrogen-bond donors (Lipinski definition) is 0. The molecule has 2 aliphatic rings. The highest BCUT2D eigenvalue weighted by molar-refractivity contribution is 5.80. The normalized spacial score (nSPS) is 30.9. The number of fused-ring (bicyclic) bond motifs is 1. The molecule has 3 atom stereocenters. The molecule has 5 nitrogen and oxygen atoms in total. The van der Waals surface area contributed by atoms with Crippen LogP contribution in [0.5, 0.6) is 0 Å². The number of rotatable bonds is 1. The molecule has 19 heavy (non-hydrogen) atoms. The predicted octanol–water partition coefficient (Wildman–Crippen LogP) is 1.30. The molecule has 0 aromatic carbocycles. The largest absolute Gasteiger partial charge is 0.548 e. The van der Waals surface area contributed by atoms with Gasteiger partial charge in [0.1, 0.15) is 5.60 Å². The molecule has 2 rings (SSSR count). The van der Waals surface area contributed by atoms with Gasteiger partial charge in [0.2, 0.25) is 0 Å². The van der Waals surface area contributed by atoms with Crippen molar-refractivity contribution in [1.82, 2.24) is 4.90 Å². The minimum absolute atomic E-state index is 0.00602. The van der Waals surface area contributed by atoms with Crippen LogP contribution in [-0.4, -0.2) is 34.6 Å². The quantitative estimate of drug-likeness (QED) is 0.719. The number of carbonyl (C=O) groups is 2. The summed E-state index contributed by atoms with van der Waals surface area (Å²) in [5, 5.41) is 11.3. The zero-order valence-electron chi connectivity index (χ0n) is 11.8. The van der Waals surface area contributed by atoms with Gasteiger partial charge in [-0.3, -0.25) is 4.90 Å². The van der Waals surface area contributed by atoms with Crippen LogP contribution in [0.25, 0.3) is 0 Å². The number of carboxylic acid groups (broad SMARTS) is 1. The molecule has 1 saturated heterocycles. The molecule has 0 unspecified atom stereocenters. The Hall–Kier alpha value is -1.26. The third-order valence-electron chi connectivity index (χ3n) is 3.96. The lowest BCUT2D eigenvalue weighted by Gasteiger charge is -2.35. The summed E-state index contributed by atoms with van der Waals surface area (Å²) >= 11 is 0. The highest BCUT2D eigenvalue weighted by Crippen LogP contribution is 2.40. The average Bonchev–Trinajstić information content (AvgIpc) is 2.65. The highest BCUT2D eigenvalue weighted by atomic mass is 16.6. The van der Waals surface area contributed by atoms with Crippen molar-refractivity contribution in [2.24, 2.45) is 5.92 Å². The number of hydrogen-bond acceptors (Lipinski definition) is 4. The summed E-state index contributed by atoms with van der Waals surface area (Å²) in [4.78, 5) is 24.9. The van der Waals surface area contributed by atoms with Crippen LogP contribution in [0, 0.1) is 5.92 Å². The molecule has 5 heteroatoms. The molecule has 0 aromatic heterocycles. The lowest BCUT2D eigenvalue weighted by atomic mass is 9.85. The van der Waals surface area contributed by atoms with Gasteiger partial charge in [-0.05, 0) is 46.0 Å². The maximum Gasteiger partial charge on any atom is 0.411 e. The molecule has 0 radical (unpaired) electrons. The molecule has 1 aliphatic heterocycles. The maximum absolute atomic E-state index is 12.2. The fourth-order valence-corrected chi connectivity index (χ4v) is 3.25. The summed E-state index contributed by atoms with van der Waals surface area (Å²) in [6, 6.07) is -0.825. The lowest BCUT2D eigenvalue weighted by molar-refractivity contribution is -0.310. The zero-order chi connectivity index (χ0) is 14.2. The molecule has 108 valence electrons. The van der Waals surface area contributed by atoms with Crippen LogP contribution in [-0.2, 0) is 9.53 Å². The smallest absolute Gasteiger partial charge is 0.411 e. The van der Waals surface area contributed by atoms with Gasteiger partial charge in [-0.1, -0.05) is 12.8 Å². The average molecular weight is 268 g/mol. The van der Waals surface area contributed by atoms with E-state index in [9.17, 15) is 14.7 Å². The van der Waals surface area contributed by atoms with E-state index < -0.39 is 23.7 Å². The highest BCUT2D eigenvalue weighted by Gasteiger charge is 2.46. The Morgan fingerprint density at radius 1 is 1.21 bits per heavy atom. The van der Waals surface area contributed by atoms with Crippen LogP contribution in [0.1, 0.15) is 52.9 Å². The van der Waals surface area contributed by atoms with Gasteiger partial charge >= 0.3 is 6.09 Å². The van der Waals surface area contributed by atoms with Crippen molar-refractivity contribution < 1.29 is 19.4 Å². The van der Waals surface area contributed by atoms with Crippen LogP contribution in [0.4, 0.5) is 4.79 Å². The maximum atomic E-state index is 12.2. The van der Waals surface area contributed by atoms with Crippen molar-refractivity contribution in [3.05, 3.63) is 0 Å². The SMILES string of the molecule is CC(C)(C)OC(=O)N1[C@@H]2CCCC[C@H]2C[C@H]1C(=O)[O-]. The Balaban J connectivity index is 2.17. The second-order valence-corrected chi connectivity index (χ2v) is 6.57. The molecule has 0 spiro atoms.